The fourth-order valence-electron chi connectivity index (χ4n) is 3.42. The topological polar surface area (TPSA) is 63.6 Å². The fourth-order valence-corrected chi connectivity index (χ4v) is 3.42. The molecule has 0 aromatic rings. The Morgan fingerprint density at radius 3 is 2.20 bits per heavy atom. The summed E-state index contributed by atoms with van der Waals surface area (Å²) in [6, 6.07) is 0. The van der Waals surface area contributed by atoms with Crippen LogP contribution in [-0.2, 0) is 14.3 Å². The summed E-state index contributed by atoms with van der Waals surface area (Å²) < 4.78 is 5.13. The maximum Gasteiger partial charge on any atom is 0.323 e. The van der Waals surface area contributed by atoms with Gasteiger partial charge in [0.2, 0.25) is 0 Å². The monoisotopic (exact) mass is 284 g/mol. The third kappa shape index (κ3) is 3.53. The Hall–Kier alpha value is -1.06. The molecule has 1 unspecified atom stereocenters. The van der Waals surface area contributed by atoms with E-state index in [9.17, 15) is 14.7 Å². The summed E-state index contributed by atoms with van der Waals surface area (Å²) in [6.07, 6.45) is 3.96. The summed E-state index contributed by atoms with van der Waals surface area (Å²) in [5, 5.41) is 9.79. The first kappa shape index (κ1) is 17.0. The van der Waals surface area contributed by atoms with Crippen LogP contribution in [0.5, 0.6) is 0 Å². The highest BCUT2D eigenvalue weighted by Gasteiger charge is 2.54. The smallest absolute Gasteiger partial charge is 0.323 e. The Morgan fingerprint density at radius 1 is 1.25 bits per heavy atom. The Labute approximate surface area is 121 Å². The number of hydrogen-bond acceptors (Lipinski definition) is 3. The van der Waals surface area contributed by atoms with E-state index in [1.807, 2.05) is 13.8 Å². The largest absolute Gasteiger partial charge is 0.480 e. The minimum Gasteiger partial charge on any atom is -0.480 e. The van der Waals surface area contributed by atoms with Crippen LogP contribution in [0.25, 0.3) is 0 Å². The van der Waals surface area contributed by atoms with Crippen molar-refractivity contribution in [1.82, 2.24) is 0 Å². The first-order valence-electron chi connectivity index (χ1n) is 7.75. The fraction of sp³-hybridized carbons (Fsp3) is 0.875. The van der Waals surface area contributed by atoms with Crippen LogP contribution in [0.4, 0.5) is 0 Å². The van der Waals surface area contributed by atoms with E-state index in [-0.39, 0.29) is 18.4 Å². The molecule has 0 radical (unpaired) electrons. The first-order chi connectivity index (χ1) is 9.34. The van der Waals surface area contributed by atoms with Crippen LogP contribution in [0.1, 0.15) is 59.8 Å². The minimum atomic E-state index is -1.36. The standard InChI is InChI=1S/C16H28O4/c1-5-20-15(19)16(14(17)18,10-11(2)3)13-8-6-12(4)7-9-13/h11-13H,5-10H2,1-4H3,(H,17,18). The van der Waals surface area contributed by atoms with Gasteiger partial charge in [0.05, 0.1) is 6.61 Å². The van der Waals surface area contributed by atoms with Crippen molar-refractivity contribution >= 4 is 11.9 Å². The summed E-state index contributed by atoms with van der Waals surface area (Å²) in [5.41, 5.74) is -1.36. The Kier molecular flexibility index (Phi) is 6.03. The highest BCUT2D eigenvalue weighted by molar-refractivity contribution is 5.99. The Bertz CT molecular complexity index is 342. The molecule has 4 nitrogen and oxygen atoms in total. The quantitative estimate of drug-likeness (QED) is 0.599. The van der Waals surface area contributed by atoms with Gasteiger partial charge in [0.25, 0.3) is 0 Å². The van der Waals surface area contributed by atoms with Gasteiger partial charge in [-0.15, -0.1) is 0 Å². The van der Waals surface area contributed by atoms with E-state index in [1.165, 1.54) is 0 Å². The molecule has 1 fully saturated rings. The van der Waals surface area contributed by atoms with Crippen LogP contribution >= 0.6 is 0 Å². The van der Waals surface area contributed by atoms with Gasteiger partial charge in [-0.1, -0.05) is 33.6 Å². The van der Waals surface area contributed by atoms with Crippen molar-refractivity contribution in [1.29, 1.82) is 0 Å². The van der Waals surface area contributed by atoms with Gasteiger partial charge in [0.1, 0.15) is 0 Å². The molecule has 1 aliphatic carbocycles. The number of carbonyl (C=O) groups is 2. The summed E-state index contributed by atoms with van der Waals surface area (Å²) in [5.74, 6) is -0.878. The van der Waals surface area contributed by atoms with E-state index >= 15 is 0 Å². The van der Waals surface area contributed by atoms with Crippen molar-refractivity contribution in [2.24, 2.45) is 23.2 Å². The van der Waals surface area contributed by atoms with E-state index in [0.717, 1.165) is 25.7 Å². The molecule has 0 saturated heterocycles. The maximum atomic E-state index is 12.4. The normalized spacial score (nSPS) is 26.1. The highest BCUT2D eigenvalue weighted by atomic mass is 16.5. The predicted octanol–water partition coefficient (Wildman–Crippen LogP) is 3.49. The lowest BCUT2D eigenvalue weighted by atomic mass is 9.63. The molecule has 1 rings (SSSR count). The molecule has 0 aliphatic heterocycles. The van der Waals surface area contributed by atoms with Gasteiger partial charge < -0.3 is 9.84 Å². The second-order valence-corrected chi connectivity index (χ2v) is 6.55. The molecule has 20 heavy (non-hydrogen) atoms. The molecular formula is C16H28O4. The number of rotatable bonds is 6. The van der Waals surface area contributed by atoms with Crippen LogP contribution in [0.3, 0.4) is 0 Å². The van der Waals surface area contributed by atoms with Crippen molar-refractivity contribution in [2.45, 2.75) is 59.8 Å². The molecule has 0 heterocycles. The number of carbonyl (C=O) groups excluding carboxylic acids is 1. The predicted molar refractivity (Wildman–Crippen MR) is 77.3 cm³/mol. The summed E-state index contributed by atoms with van der Waals surface area (Å²) in [7, 11) is 0. The van der Waals surface area contributed by atoms with Gasteiger partial charge in [0, 0.05) is 0 Å². The van der Waals surface area contributed by atoms with Gasteiger partial charge in [-0.2, -0.15) is 0 Å². The lowest BCUT2D eigenvalue weighted by molar-refractivity contribution is -0.176. The van der Waals surface area contributed by atoms with Gasteiger partial charge in [-0.05, 0) is 43.9 Å². The lowest BCUT2D eigenvalue weighted by Gasteiger charge is -2.39. The zero-order valence-corrected chi connectivity index (χ0v) is 13.1. The van der Waals surface area contributed by atoms with E-state index in [2.05, 4.69) is 6.92 Å². The third-order valence-electron chi connectivity index (χ3n) is 4.46. The average molecular weight is 284 g/mol. The molecule has 4 heteroatoms. The number of hydrogen-bond donors (Lipinski definition) is 1. The molecule has 116 valence electrons. The number of aliphatic carboxylic acids is 1. The van der Waals surface area contributed by atoms with Crippen molar-refractivity contribution in [3.05, 3.63) is 0 Å². The van der Waals surface area contributed by atoms with Crippen LogP contribution in [0.15, 0.2) is 0 Å². The van der Waals surface area contributed by atoms with Crippen LogP contribution < -0.4 is 0 Å². The number of carboxylic acids is 1. The number of ether oxygens (including phenoxy) is 1. The molecule has 0 bridgehead atoms. The van der Waals surface area contributed by atoms with Gasteiger partial charge in [-0.3, -0.25) is 9.59 Å². The third-order valence-corrected chi connectivity index (χ3v) is 4.46. The zero-order chi connectivity index (χ0) is 15.3. The summed E-state index contributed by atoms with van der Waals surface area (Å²) >= 11 is 0. The average Bonchev–Trinajstić information content (AvgIpc) is 2.36. The first-order valence-corrected chi connectivity index (χ1v) is 7.75. The van der Waals surface area contributed by atoms with E-state index in [4.69, 9.17) is 4.74 Å². The maximum absolute atomic E-state index is 12.4. The second kappa shape index (κ2) is 7.09. The van der Waals surface area contributed by atoms with Crippen molar-refractivity contribution in [3.63, 3.8) is 0 Å². The molecule has 0 aromatic carbocycles. The van der Waals surface area contributed by atoms with Crippen LogP contribution in [0, 0.1) is 23.2 Å². The van der Waals surface area contributed by atoms with E-state index in [0.29, 0.717) is 12.3 Å². The Morgan fingerprint density at radius 2 is 1.80 bits per heavy atom. The van der Waals surface area contributed by atoms with Crippen molar-refractivity contribution in [2.75, 3.05) is 6.61 Å². The van der Waals surface area contributed by atoms with E-state index in [1.54, 1.807) is 6.92 Å². The minimum absolute atomic E-state index is 0.0994. The molecular weight excluding hydrogens is 256 g/mol. The van der Waals surface area contributed by atoms with Gasteiger partial charge >= 0.3 is 11.9 Å². The van der Waals surface area contributed by atoms with Gasteiger partial charge in [0.15, 0.2) is 5.41 Å². The molecule has 1 aliphatic rings. The number of esters is 1. The second-order valence-electron chi connectivity index (χ2n) is 6.55. The highest BCUT2D eigenvalue weighted by Crippen LogP contribution is 2.45. The zero-order valence-electron chi connectivity index (χ0n) is 13.1. The Balaban J connectivity index is 3.08. The molecule has 1 saturated carbocycles. The molecule has 1 atom stereocenters. The number of carboxylic acid groups (broad SMARTS) is 1. The molecule has 0 amide bonds. The molecule has 1 N–H and O–H groups in total. The van der Waals surface area contributed by atoms with Crippen LogP contribution in [-0.4, -0.2) is 23.7 Å². The summed E-state index contributed by atoms with van der Waals surface area (Å²) in [4.78, 5) is 24.4. The molecule has 0 aromatic heterocycles. The van der Waals surface area contributed by atoms with Crippen molar-refractivity contribution < 1.29 is 19.4 Å². The van der Waals surface area contributed by atoms with Crippen molar-refractivity contribution in [3.8, 4) is 0 Å². The van der Waals surface area contributed by atoms with Crippen LogP contribution in [0.2, 0.25) is 0 Å². The SMILES string of the molecule is CCOC(=O)C(CC(C)C)(C(=O)O)C1CCC(C)CC1. The van der Waals surface area contributed by atoms with E-state index < -0.39 is 17.4 Å². The lowest BCUT2D eigenvalue weighted by Crippen LogP contribution is -2.48. The molecule has 0 spiro atoms. The van der Waals surface area contributed by atoms with Gasteiger partial charge in [-0.25, -0.2) is 0 Å². The summed E-state index contributed by atoms with van der Waals surface area (Å²) in [6.45, 7) is 8.06.